The molecule has 142 valence electrons. The zero-order valence-electron chi connectivity index (χ0n) is 14.0. The first kappa shape index (κ1) is 19.8. The summed E-state index contributed by atoms with van der Waals surface area (Å²) in [7, 11) is 0. The van der Waals surface area contributed by atoms with E-state index in [1.807, 2.05) is 0 Å². The van der Waals surface area contributed by atoms with Crippen molar-refractivity contribution in [1.82, 2.24) is 0 Å². The van der Waals surface area contributed by atoms with Gasteiger partial charge in [-0.15, -0.1) is 0 Å². The zero-order chi connectivity index (χ0) is 20.0. The molecule has 0 aromatic heterocycles. The third-order valence-corrected chi connectivity index (χ3v) is 3.34. The van der Waals surface area contributed by atoms with E-state index < -0.39 is 30.0 Å². The van der Waals surface area contributed by atoms with Gasteiger partial charge in [0.25, 0.3) is 11.6 Å². The number of halogens is 2. The Hall–Kier alpha value is -3.56. The van der Waals surface area contributed by atoms with Crippen LogP contribution in [0.1, 0.15) is 15.9 Å². The number of ether oxygens (including phenoxy) is 2. The summed E-state index contributed by atoms with van der Waals surface area (Å²) in [5.41, 5.74) is 0.366. The summed E-state index contributed by atoms with van der Waals surface area (Å²) in [6.07, 6.45) is 0. The van der Waals surface area contributed by atoms with E-state index in [1.54, 1.807) is 0 Å². The number of carbonyl (C=O) groups is 2. The molecule has 0 spiro atoms. The lowest BCUT2D eigenvalue weighted by molar-refractivity contribution is -0.385. The van der Waals surface area contributed by atoms with Gasteiger partial charge in [-0.1, -0.05) is 6.07 Å². The van der Waals surface area contributed by atoms with E-state index in [1.165, 1.54) is 43.3 Å². The van der Waals surface area contributed by atoms with Gasteiger partial charge in [-0.3, -0.25) is 14.9 Å². The van der Waals surface area contributed by atoms with Crippen LogP contribution in [0.2, 0.25) is 0 Å². The van der Waals surface area contributed by atoms with Gasteiger partial charge in [0.15, 0.2) is 6.61 Å². The van der Waals surface area contributed by atoms with E-state index in [0.29, 0.717) is 5.56 Å². The van der Waals surface area contributed by atoms with Crippen LogP contribution in [0.25, 0.3) is 0 Å². The molecule has 8 nitrogen and oxygen atoms in total. The highest BCUT2D eigenvalue weighted by atomic mass is 19.3. The quantitative estimate of drug-likeness (QED) is 0.449. The minimum atomic E-state index is -2.96. The zero-order valence-corrected chi connectivity index (χ0v) is 14.0. The maximum absolute atomic E-state index is 12.1. The number of benzene rings is 2. The molecular formula is C17H14F2N2O6. The largest absolute Gasteiger partial charge is 0.452 e. The monoisotopic (exact) mass is 380 g/mol. The average Bonchev–Trinajstić information content (AvgIpc) is 2.61. The number of anilines is 1. The summed E-state index contributed by atoms with van der Waals surface area (Å²) in [5, 5.41) is 13.3. The van der Waals surface area contributed by atoms with Crippen LogP contribution < -0.4 is 10.1 Å². The van der Waals surface area contributed by atoms with Crippen LogP contribution in [-0.2, 0) is 9.53 Å². The van der Waals surface area contributed by atoms with Crippen LogP contribution >= 0.6 is 0 Å². The van der Waals surface area contributed by atoms with Crippen LogP contribution in [0.4, 0.5) is 20.2 Å². The number of nitro benzene ring substituents is 1. The van der Waals surface area contributed by atoms with E-state index in [9.17, 15) is 28.5 Å². The number of hydrogen-bond donors (Lipinski definition) is 1. The van der Waals surface area contributed by atoms with Crippen LogP contribution in [0.5, 0.6) is 5.75 Å². The molecular weight excluding hydrogens is 366 g/mol. The molecule has 0 saturated carbocycles. The van der Waals surface area contributed by atoms with Gasteiger partial charge in [-0.25, -0.2) is 4.79 Å². The van der Waals surface area contributed by atoms with Crippen molar-refractivity contribution >= 4 is 23.3 Å². The number of nitro groups is 1. The molecule has 0 heterocycles. The van der Waals surface area contributed by atoms with E-state index in [4.69, 9.17) is 4.74 Å². The highest BCUT2D eigenvalue weighted by Gasteiger charge is 2.17. The highest BCUT2D eigenvalue weighted by molar-refractivity contribution is 5.95. The number of aryl methyl sites for hydroxylation is 1. The van der Waals surface area contributed by atoms with Crippen LogP contribution in [0.15, 0.2) is 42.5 Å². The number of hydrogen-bond acceptors (Lipinski definition) is 6. The van der Waals surface area contributed by atoms with Gasteiger partial charge in [0.05, 0.1) is 10.5 Å². The lowest BCUT2D eigenvalue weighted by atomic mass is 10.1. The minimum Gasteiger partial charge on any atom is -0.452 e. The van der Waals surface area contributed by atoms with Gasteiger partial charge in [0.2, 0.25) is 0 Å². The van der Waals surface area contributed by atoms with Crippen molar-refractivity contribution in [3.05, 3.63) is 63.7 Å². The number of esters is 1. The standard InChI is InChI=1S/C17H14F2N2O6/c1-10-2-3-11(8-14(10)21(24)25)16(23)26-9-15(22)20-12-4-6-13(7-5-12)27-17(18)19/h2-8,17H,9H2,1H3,(H,20,22). The summed E-state index contributed by atoms with van der Waals surface area (Å²) < 4.78 is 33.1. The maximum Gasteiger partial charge on any atom is 0.387 e. The van der Waals surface area contributed by atoms with E-state index in [-0.39, 0.29) is 22.7 Å². The van der Waals surface area contributed by atoms with Gasteiger partial charge < -0.3 is 14.8 Å². The van der Waals surface area contributed by atoms with Crippen molar-refractivity contribution in [2.24, 2.45) is 0 Å². The molecule has 0 radical (unpaired) electrons. The van der Waals surface area contributed by atoms with Crippen molar-refractivity contribution in [2.75, 3.05) is 11.9 Å². The number of nitrogens with zero attached hydrogens (tertiary/aromatic N) is 1. The average molecular weight is 380 g/mol. The second-order valence-corrected chi connectivity index (χ2v) is 5.29. The molecule has 0 aliphatic rings. The van der Waals surface area contributed by atoms with Crippen molar-refractivity contribution < 1.29 is 32.8 Å². The number of rotatable bonds is 7. The predicted molar refractivity (Wildman–Crippen MR) is 89.8 cm³/mol. The van der Waals surface area contributed by atoms with Gasteiger partial charge in [-0.2, -0.15) is 8.78 Å². The molecule has 0 aliphatic carbocycles. The molecule has 0 atom stereocenters. The number of alkyl halides is 2. The number of nitrogens with one attached hydrogen (secondary N) is 1. The summed E-state index contributed by atoms with van der Waals surface area (Å²) in [5.74, 6) is -1.64. The van der Waals surface area contributed by atoms with Gasteiger partial charge in [-0.05, 0) is 37.3 Å². The van der Waals surface area contributed by atoms with Gasteiger partial charge >= 0.3 is 12.6 Å². The molecule has 2 aromatic rings. The first-order valence-electron chi connectivity index (χ1n) is 7.53. The van der Waals surface area contributed by atoms with Crippen molar-refractivity contribution in [2.45, 2.75) is 13.5 Å². The molecule has 1 amide bonds. The van der Waals surface area contributed by atoms with Crippen molar-refractivity contribution in [3.8, 4) is 5.75 Å². The molecule has 27 heavy (non-hydrogen) atoms. The fourth-order valence-electron chi connectivity index (χ4n) is 2.06. The summed E-state index contributed by atoms with van der Waals surface area (Å²) in [4.78, 5) is 34.0. The second-order valence-electron chi connectivity index (χ2n) is 5.29. The van der Waals surface area contributed by atoms with E-state index >= 15 is 0 Å². The van der Waals surface area contributed by atoms with E-state index in [0.717, 1.165) is 6.07 Å². The fourth-order valence-corrected chi connectivity index (χ4v) is 2.06. The normalized spacial score (nSPS) is 10.4. The molecule has 0 saturated heterocycles. The Morgan fingerprint density at radius 1 is 1.19 bits per heavy atom. The summed E-state index contributed by atoms with van der Waals surface area (Å²) in [6.45, 7) is -2.06. The lowest BCUT2D eigenvalue weighted by Crippen LogP contribution is -2.21. The molecule has 0 aliphatic heterocycles. The number of amides is 1. The Bertz CT molecular complexity index is 855. The third-order valence-electron chi connectivity index (χ3n) is 3.34. The van der Waals surface area contributed by atoms with Gasteiger partial charge in [0, 0.05) is 17.3 Å². The molecule has 0 fully saturated rings. The SMILES string of the molecule is Cc1ccc(C(=O)OCC(=O)Nc2ccc(OC(F)F)cc2)cc1[N+](=O)[O-]. The summed E-state index contributed by atoms with van der Waals surface area (Å²) >= 11 is 0. The maximum atomic E-state index is 12.1. The Morgan fingerprint density at radius 3 is 2.44 bits per heavy atom. The minimum absolute atomic E-state index is 0.0615. The third kappa shape index (κ3) is 5.73. The molecule has 2 rings (SSSR count). The van der Waals surface area contributed by atoms with Gasteiger partial charge in [0.1, 0.15) is 5.75 Å². The molecule has 0 bridgehead atoms. The number of carbonyl (C=O) groups excluding carboxylic acids is 2. The molecule has 10 heteroatoms. The van der Waals surface area contributed by atoms with Crippen LogP contribution in [0, 0.1) is 17.0 Å². The first-order valence-corrected chi connectivity index (χ1v) is 7.53. The fraction of sp³-hybridized carbons (Fsp3) is 0.176. The van der Waals surface area contributed by atoms with E-state index in [2.05, 4.69) is 10.1 Å². The van der Waals surface area contributed by atoms with Crippen molar-refractivity contribution in [1.29, 1.82) is 0 Å². The molecule has 0 unspecified atom stereocenters. The van der Waals surface area contributed by atoms with Crippen molar-refractivity contribution in [3.63, 3.8) is 0 Å². The Morgan fingerprint density at radius 2 is 1.85 bits per heavy atom. The van der Waals surface area contributed by atoms with Crippen LogP contribution in [-0.4, -0.2) is 30.0 Å². The smallest absolute Gasteiger partial charge is 0.387 e. The Balaban J connectivity index is 1.90. The molecule has 2 aromatic carbocycles. The predicted octanol–water partition coefficient (Wildman–Crippen LogP) is 3.30. The second kappa shape index (κ2) is 8.70. The Kier molecular flexibility index (Phi) is 6.36. The topological polar surface area (TPSA) is 108 Å². The van der Waals surface area contributed by atoms with Crippen LogP contribution in [0.3, 0.4) is 0 Å². The highest BCUT2D eigenvalue weighted by Crippen LogP contribution is 2.20. The molecule has 1 N–H and O–H groups in total. The summed E-state index contributed by atoms with van der Waals surface area (Å²) in [6, 6.07) is 8.96. The lowest BCUT2D eigenvalue weighted by Gasteiger charge is -2.08. The first-order chi connectivity index (χ1) is 12.8. The Labute approximate surface area is 151 Å².